The Morgan fingerprint density at radius 3 is 2.94 bits per heavy atom. The van der Waals surface area contributed by atoms with Crippen molar-refractivity contribution >= 4 is 17.3 Å². The minimum Gasteiger partial charge on any atom is -0.397 e. The molecule has 0 saturated heterocycles. The highest BCUT2D eigenvalue weighted by atomic mass is 19.1. The Kier molecular flexibility index (Phi) is 4.57. The lowest BCUT2D eigenvalue weighted by Crippen LogP contribution is -2.24. The minimum atomic E-state index is -0.352. The zero-order chi connectivity index (χ0) is 12.0. The number of nitrogen functional groups attached to an aromatic ring is 1. The average Bonchev–Trinajstić information content (AvgIpc) is 2.23. The lowest BCUT2D eigenvalue weighted by atomic mass is 10.2. The first kappa shape index (κ1) is 12.3. The summed E-state index contributed by atoms with van der Waals surface area (Å²) in [6, 6.07) is 4.10. The molecule has 0 saturated carbocycles. The summed E-state index contributed by atoms with van der Waals surface area (Å²) in [4.78, 5) is 11.1. The molecular formula is C11H16FN3O. The molecule has 0 aromatic heterocycles. The molecule has 0 spiro atoms. The van der Waals surface area contributed by atoms with Crippen LogP contribution in [0, 0.1) is 5.82 Å². The normalized spacial score (nSPS) is 9.88. The molecule has 1 aromatic carbocycles. The van der Waals surface area contributed by atoms with Crippen molar-refractivity contribution in [3.63, 3.8) is 0 Å². The highest BCUT2D eigenvalue weighted by molar-refractivity contribution is 5.76. The van der Waals surface area contributed by atoms with Crippen molar-refractivity contribution in [2.24, 2.45) is 0 Å². The van der Waals surface area contributed by atoms with Gasteiger partial charge in [0.25, 0.3) is 0 Å². The number of hydrogen-bond acceptors (Lipinski definition) is 3. The van der Waals surface area contributed by atoms with Gasteiger partial charge in [0.05, 0.1) is 11.4 Å². The Balaban J connectivity index is 2.42. The molecule has 0 fully saturated rings. The van der Waals surface area contributed by atoms with Crippen molar-refractivity contribution in [1.29, 1.82) is 0 Å². The van der Waals surface area contributed by atoms with Crippen molar-refractivity contribution in [1.82, 2.24) is 5.32 Å². The zero-order valence-corrected chi connectivity index (χ0v) is 9.22. The van der Waals surface area contributed by atoms with Gasteiger partial charge in [0.15, 0.2) is 0 Å². The summed E-state index contributed by atoms with van der Waals surface area (Å²) >= 11 is 0. The molecule has 5 heteroatoms. The number of anilines is 2. The van der Waals surface area contributed by atoms with E-state index in [2.05, 4.69) is 10.6 Å². The Hall–Kier alpha value is -1.78. The second-order valence-electron chi connectivity index (χ2n) is 3.36. The van der Waals surface area contributed by atoms with Gasteiger partial charge in [-0.15, -0.1) is 0 Å². The number of halogens is 1. The number of nitrogens with one attached hydrogen (secondary N) is 2. The molecule has 0 radical (unpaired) electrons. The molecule has 1 aromatic rings. The smallest absolute Gasteiger partial charge is 0.221 e. The van der Waals surface area contributed by atoms with Crippen molar-refractivity contribution in [3.8, 4) is 0 Å². The van der Waals surface area contributed by atoms with Crippen molar-refractivity contribution in [2.75, 3.05) is 24.1 Å². The molecule has 1 amide bonds. The van der Waals surface area contributed by atoms with Crippen molar-refractivity contribution in [3.05, 3.63) is 24.0 Å². The zero-order valence-electron chi connectivity index (χ0n) is 9.22. The van der Waals surface area contributed by atoms with E-state index in [1.165, 1.54) is 18.2 Å². The van der Waals surface area contributed by atoms with Crippen LogP contribution in [0.3, 0.4) is 0 Å². The summed E-state index contributed by atoms with van der Waals surface area (Å²) in [5, 5.41) is 5.59. The predicted octanol–water partition coefficient (Wildman–Crippen LogP) is 1.35. The van der Waals surface area contributed by atoms with Crippen LogP contribution in [0.1, 0.15) is 13.3 Å². The maximum Gasteiger partial charge on any atom is 0.221 e. The van der Waals surface area contributed by atoms with E-state index >= 15 is 0 Å². The molecule has 0 aliphatic rings. The monoisotopic (exact) mass is 225 g/mol. The van der Waals surface area contributed by atoms with Gasteiger partial charge in [-0.2, -0.15) is 0 Å². The van der Waals surface area contributed by atoms with Crippen molar-refractivity contribution in [2.45, 2.75) is 13.3 Å². The van der Waals surface area contributed by atoms with Crippen LogP contribution in [0.5, 0.6) is 0 Å². The number of nitrogens with two attached hydrogens (primary N) is 1. The van der Waals surface area contributed by atoms with Gasteiger partial charge in [-0.1, -0.05) is 0 Å². The van der Waals surface area contributed by atoms with Gasteiger partial charge < -0.3 is 16.4 Å². The number of carbonyl (C=O) groups is 1. The van der Waals surface area contributed by atoms with E-state index in [1.807, 2.05) is 6.92 Å². The Bertz CT molecular complexity index is 368. The van der Waals surface area contributed by atoms with Crippen LogP contribution in [0.2, 0.25) is 0 Å². The van der Waals surface area contributed by atoms with E-state index in [4.69, 9.17) is 5.73 Å². The minimum absolute atomic E-state index is 0.0371. The number of amides is 1. The van der Waals surface area contributed by atoms with Crippen LogP contribution < -0.4 is 16.4 Å². The summed E-state index contributed by atoms with van der Waals surface area (Å²) < 4.78 is 12.9. The summed E-state index contributed by atoms with van der Waals surface area (Å²) in [5.41, 5.74) is 6.62. The van der Waals surface area contributed by atoms with Gasteiger partial charge in [-0.3, -0.25) is 4.79 Å². The third kappa shape index (κ3) is 3.76. The first-order valence-electron chi connectivity index (χ1n) is 5.19. The molecule has 0 aliphatic heterocycles. The van der Waals surface area contributed by atoms with Crippen LogP contribution in [-0.4, -0.2) is 19.0 Å². The van der Waals surface area contributed by atoms with E-state index in [9.17, 15) is 9.18 Å². The second-order valence-corrected chi connectivity index (χ2v) is 3.36. The van der Waals surface area contributed by atoms with Gasteiger partial charge in [-0.05, 0) is 25.1 Å². The van der Waals surface area contributed by atoms with Gasteiger partial charge in [-0.25, -0.2) is 4.39 Å². The van der Waals surface area contributed by atoms with E-state index in [0.29, 0.717) is 30.9 Å². The van der Waals surface area contributed by atoms with Crippen LogP contribution in [-0.2, 0) is 4.79 Å². The summed E-state index contributed by atoms with van der Waals surface area (Å²) in [5.74, 6) is -0.389. The first-order chi connectivity index (χ1) is 7.63. The maximum absolute atomic E-state index is 12.9. The second kappa shape index (κ2) is 5.95. The quantitative estimate of drug-likeness (QED) is 0.662. The molecule has 0 aliphatic carbocycles. The standard InChI is InChI=1S/C11H16FN3O/c1-2-14-11(16)5-6-15-10-7-8(12)3-4-9(10)13/h3-4,7,15H,2,5-6,13H2,1H3,(H,14,16). The lowest BCUT2D eigenvalue weighted by Gasteiger charge is -2.09. The van der Waals surface area contributed by atoms with Crippen LogP contribution >= 0.6 is 0 Å². The van der Waals surface area contributed by atoms with E-state index in [1.54, 1.807) is 0 Å². The van der Waals surface area contributed by atoms with Gasteiger partial charge in [0, 0.05) is 19.5 Å². The maximum atomic E-state index is 12.9. The third-order valence-corrected chi connectivity index (χ3v) is 2.06. The molecule has 0 unspecified atom stereocenters. The van der Waals surface area contributed by atoms with Gasteiger partial charge in [0.1, 0.15) is 5.82 Å². The molecule has 0 atom stereocenters. The Morgan fingerprint density at radius 2 is 2.25 bits per heavy atom. The highest BCUT2D eigenvalue weighted by Crippen LogP contribution is 2.18. The molecular weight excluding hydrogens is 209 g/mol. The fourth-order valence-corrected chi connectivity index (χ4v) is 1.28. The first-order valence-corrected chi connectivity index (χ1v) is 5.19. The Morgan fingerprint density at radius 1 is 1.50 bits per heavy atom. The number of rotatable bonds is 5. The largest absolute Gasteiger partial charge is 0.397 e. The van der Waals surface area contributed by atoms with Gasteiger partial charge in [0.2, 0.25) is 5.91 Å². The fraction of sp³-hybridized carbons (Fsp3) is 0.364. The molecule has 88 valence electrons. The number of carbonyl (C=O) groups excluding carboxylic acids is 1. The molecule has 1 rings (SSSR count). The third-order valence-electron chi connectivity index (χ3n) is 2.06. The molecule has 4 N–H and O–H groups in total. The van der Waals surface area contributed by atoms with Crippen molar-refractivity contribution < 1.29 is 9.18 Å². The summed E-state index contributed by atoms with van der Waals surface area (Å²) in [6.45, 7) is 2.90. The van der Waals surface area contributed by atoms with Gasteiger partial charge >= 0.3 is 0 Å². The average molecular weight is 225 g/mol. The lowest BCUT2D eigenvalue weighted by molar-refractivity contribution is -0.120. The predicted molar refractivity (Wildman–Crippen MR) is 62.6 cm³/mol. The molecule has 16 heavy (non-hydrogen) atoms. The SMILES string of the molecule is CCNC(=O)CCNc1cc(F)ccc1N. The van der Waals surface area contributed by atoms with Crippen LogP contribution in [0.4, 0.5) is 15.8 Å². The van der Waals surface area contributed by atoms with Crippen LogP contribution in [0.25, 0.3) is 0 Å². The summed E-state index contributed by atoms with van der Waals surface area (Å²) in [6.07, 6.45) is 0.337. The number of hydrogen-bond donors (Lipinski definition) is 3. The molecule has 4 nitrogen and oxygen atoms in total. The number of benzene rings is 1. The van der Waals surface area contributed by atoms with E-state index in [-0.39, 0.29) is 11.7 Å². The van der Waals surface area contributed by atoms with E-state index < -0.39 is 0 Å². The Labute approximate surface area is 94.0 Å². The highest BCUT2D eigenvalue weighted by Gasteiger charge is 2.02. The topological polar surface area (TPSA) is 67.2 Å². The molecule has 0 bridgehead atoms. The molecule has 0 heterocycles. The fourth-order valence-electron chi connectivity index (χ4n) is 1.28. The van der Waals surface area contributed by atoms with E-state index in [0.717, 1.165) is 0 Å². The van der Waals surface area contributed by atoms with Crippen LogP contribution in [0.15, 0.2) is 18.2 Å². The summed E-state index contributed by atoms with van der Waals surface area (Å²) in [7, 11) is 0.